The third-order valence-electron chi connectivity index (χ3n) is 2.85. The van der Waals surface area contributed by atoms with Crippen molar-refractivity contribution in [2.45, 2.75) is 32.4 Å². The summed E-state index contributed by atoms with van der Waals surface area (Å²) in [5.74, 6) is 0.338. The van der Waals surface area contributed by atoms with Gasteiger partial charge < -0.3 is 10.4 Å². The molecule has 2 atom stereocenters. The van der Waals surface area contributed by atoms with E-state index >= 15 is 0 Å². The molecule has 3 nitrogen and oxygen atoms in total. The van der Waals surface area contributed by atoms with Crippen molar-refractivity contribution >= 4 is 11.3 Å². The smallest absolute Gasteiger partial charge is 0.0925 e. The Morgan fingerprint density at radius 2 is 2.44 bits per heavy atom. The normalized spacial score (nSPS) is 24.1. The van der Waals surface area contributed by atoms with Crippen LogP contribution in [0.4, 0.5) is 0 Å². The average Bonchev–Trinajstić information content (AvgIpc) is 2.95. The number of aliphatic hydroxyl groups is 1. The maximum absolute atomic E-state index is 9.02. The van der Waals surface area contributed by atoms with Crippen LogP contribution in [-0.4, -0.2) is 22.7 Å². The standard InChI is InChI=1S/C12H18N2OS/c1-2-12-14-7-11(16-12)6-13-10-4-3-9(5-10)8-15/h3-4,7,9-10,13,15H,2,5-6,8H2,1H3/t9-,10+/m0/s1. The van der Waals surface area contributed by atoms with Gasteiger partial charge in [-0.05, 0) is 12.8 Å². The first-order valence-corrected chi connectivity index (χ1v) is 6.59. The molecule has 0 spiro atoms. The molecule has 0 aromatic carbocycles. The highest BCUT2D eigenvalue weighted by molar-refractivity contribution is 7.11. The summed E-state index contributed by atoms with van der Waals surface area (Å²) in [5, 5.41) is 13.7. The van der Waals surface area contributed by atoms with E-state index in [9.17, 15) is 0 Å². The Morgan fingerprint density at radius 1 is 1.56 bits per heavy atom. The van der Waals surface area contributed by atoms with Gasteiger partial charge in [0.25, 0.3) is 0 Å². The van der Waals surface area contributed by atoms with Crippen LogP contribution >= 0.6 is 11.3 Å². The second-order valence-electron chi connectivity index (χ2n) is 4.12. The number of aryl methyl sites for hydroxylation is 1. The second-order valence-corrected chi connectivity index (χ2v) is 5.32. The van der Waals surface area contributed by atoms with E-state index in [2.05, 4.69) is 29.4 Å². The maximum Gasteiger partial charge on any atom is 0.0925 e. The van der Waals surface area contributed by atoms with Gasteiger partial charge in [0.05, 0.1) is 5.01 Å². The highest BCUT2D eigenvalue weighted by atomic mass is 32.1. The Kier molecular flexibility index (Phi) is 4.09. The van der Waals surface area contributed by atoms with Gasteiger partial charge in [-0.3, -0.25) is 0 Å². The summed E-state index contributed by atoms with van der Waals surface area (Å²) in [6, 6.07) is 0.407. The molecule has 1 aliphatic carbocycles. The monoisotopic (exact) mass is 238 g/mol. The van der Waals surface area contributed by atoms with Crippen molar-refractivity contribution in [3.8, 4) is 0 Å². The van der Waals surface area contributed by atoms with Crippen LogP contribution in [0.2, 0.25) is 0 Å². The van der Waals surface area contributed by atoms with E-state index in [0.717, 1.165) is 19.4 Å². The number of hydrogen-bond acceptors (Lipinski definition) is 4. The zero-order valence-electron chi connectivity index (χ0n) is 9.52. The van der Waals surface area contributed by atoms with Gasteiger partial charge in [0.2, 0.25) is 0 Å². The molecule has 16 heavy (non-hydrogen) atoms. The van der Waals surface area contributed by atoms with Crippen molar-refractivity contribution in [2.24, 2.45) is 5.92 Å². The molecule has 1 aliphatic rings. The number of aromatic nitrogens is 1. The predicted molar refractivity (Wildman–Crippen MR) is 66.5 cm³/mol. The summed E-state index contributed by atoms with van der Waals surface area (Å²) in [6.45, 7) is 3.27. The van der Waals surface area contributed by atoms with E-state index in [1.165, 1.54) is 9.88 Å². The fourth-order valence-electron chi connectivity index (χ4n) is 1.89. The van der Waals surface area contributed by atoms with E-state index in [1.54, 1.807) is 11.3 Å². The summed E-state index contributed by atoms with van der Waals surface area (Å²) in [7, 11) is 0. The van der Waals surface area contributed by atoms with Crippen LogP contribution in [0.1, 0.15) is 23.2 Å². The van der Waals surface area contributed by atoms with Gasteiger partial charge in [0.1, 0.15) is 0 Å². The molecule has 0 saturated heterocycles. The lowest BCUT2D eigenvalue weighted by Crippen LogP contribution is -2.25. The Labute approximate surface area is 100 Å². The maximum atomic E-state index is 9.02. The Bertz CT molecular complexity index is 362. The molecule has 0 saturated carbocycles. The highest BCUT2D eigenvalue weighted by Crippen LogP contribution is 2.18. The molecule has 0 fully saturated rings. The van der Waals surface area contributed by atoms with E-state index in [0.29, 0.717) is 12.0 Å². The lowest BCUT2D eigenvalue weighted by molar-refractivity contribution is 0.246. The minimum Gasteiger partial charge on any atom is -0.396 e. The zero-order valence-corrected chi connectivity index (χ0v) is 10.3. The largest absolute Gasteiger partial charge is 0.396 e. The van der Waals surface area contributed by atoms with Crippen LogP contribution in [0.5, 0.6) is 0 Å². The lowest BCUT2D eigenvalue weighted by Gasteiger charge is -2.11. The van der Waals surface area contributed by atoms with Crippen molar-refractivity contribution in [1.29, 1.82) is 0 Å². The van der Waals surface area contributed by atoms with Crippen molar-refractivity contribution in [3.05, 3.63) is 28.2 Å². The molecular formula is C12H18N2OS. The van der Waals surface area contributed by atoms with Gasteiger partial charge in [-0.1, -0.05) is 19.1 Å². The summed E-state index contributed by atoms with van der Waals surface area (Å²) in [6.07, 6.45) is 8.24. The lowest BCUT2D eigenvalue weighted by atomic mass is 10.1. The summed E-state index contributed by atoms with van der Waals surface area (Å²) in [4.78, 5) is 5.62. The van der Waals surface area contributed by atoms with Gasteiger partial charge in [-0.25, -0.2) is 4.98 Å². The van der Waals surface area contributed by atoms with Crippen LogP contribution in [0.3, 0.4) is 0 Å². The Morgan fingerprint density at radius 3 is 3.06 bits per heavy atom. The molecule has 1 aromatic heterocycles. The summed E-state index contributed by atoms with van der Waals surface area (Å²) in [5.41, 5.74) is 0. The van der Waals surface area contributed by atoms with Crippen molar-refractivity contribution in [2.75, 3.05) is 6.61 Å². The number of aliphatic hydroxyl groups excluding tert-OH is 1. The Balaban J connectivity index is 1.78. The van der Waals surface area contributed by atoms with Crippen molar-refractivity contribution in [1.82, 2.24) is 10.3 Å². The van der Waals surface area contributed by atoms with Crippen molar-refractivity contribution in [3.63, 3.8) is 0 Å². The number of nitrogens with one attached hydrogen (secondary N) is 1. The van der Waals surface area contributed by atoms with Gasteiger partial charge in [-0.15, -0.1) is 11.3 Å². The zero-order chi connectivity index (χ0) is 11.4. The van der Waals surface area contributed by atoms with Crippen molar-refractivity contribution < 1.29 is 5.11 Å². The number of rotatable bonds is 5. The first kappa shape index (κ1) is 11.8. The number of hydrogen-bond donors (Lipinski definition) is 2. The molecule has 0 amide bonds. The van der Waals surface area contributed by atoms with Crippen LogP contribution in [0.15, 0.2) is 18.3 Å². The van der Waals surface area contributed by atoms with Crippen LogP contribution in [0.25, 0.3) is 0 Å². The summed E-state index contributed by atoms with van der Waals surface area (Å²) < 4.78 is 0. The molecule has 2 N–H and O–H groups in total. The van der Waals surface area contributed by atoms with Gasteiger partial charge >= 0.3 is 0 Å². The fraction of sp³-hybridized carbons (Fsp3) is 0.583. The molecule has 4 heteroatoms. The first-order valence-electron chi connectivity index (χ1n) is 5.78. The highest BCUT2D eigenvalue weighted by Gasteiger charge is 2.17. The number of nitrogens with zero attached hydrogens (tertiary/aromatic N) is 1. The SMILES string of the molecule is CCc1ncc(CN[C@@H]2C=C[C@H](CO)C2)s1. The first-order chi connectivity index (χ1) is 7.81. The van der Waals surface area contributed by atoms with Gasteiger partial charge in [-0.2, -0.15) is 0 Å². The molecule has 88 valence electrons. The fourth-order valence-corrected chi connectivity index (χ4v) is 2.70. The molecule has 0 aliphatic heterocycles. The number of thiazole rings is 1. The van der Waals surface area contributed by atoms with E-state index < -0.39 is 0 Å². The Hall–Kier alpha value is -0.710. The molecule has 0 unspecified atom stereocenters. The molecule has 1 heterocycles. The second kappa shape index (κ2) is 5.57. The average molecular weight is 238 g/mol. The van der Waals surface area contributed by atoms with Crippen LogP contribution in [0, 0.1) is 5.92 Å². The van der Waals surface area contributed by atoms with E-state index in [1.807, 2.05) is 6.20 Å². The van der Waals surface area contributed by atoms with Crippen LogP contribution in [-0.2, 0) is 13.0 Å². The molecule has 1 aromatic rings. The van der Waals surface area contributed by atoms with Gasteiger partial charge in [0, 0.05) is 36.2 Å². The molecule has 0 bridgehead atoms. The topological polar surface area (TPSA) is 45.2 Å². The molecule has 2 rings (SSSR count). The third-order valence-corrected chi connectivity index (χ3v) is 3.99. The van der Waals surface area contributed by atoms with Gasteiger partial charge in [0.15, 0.2) is 0 Å². The minimum atomic E-state index is 0.259. The minimum absolute atomic E-state index is 0.259. The molecule has 0 radical (unpaired) electrons. The van der Waals surface area contributed by atoms with Crippen LogP contribution < -0.4 is 5.32 Å². The predicted octanol–water partition coefficient (Wildman–Crippen LogP) is 1.73. The third kappa shape index (κ3) is 2.90. The quantitative estimate of drug-likeness (QED) is 0.768. The summed E-state index contributed by atoms with van der Waals surface area (Å²) >= 11 is 1.78. The molecular weight excluding hydrogens is 220 g/mol. The van der Waals surface area contributed by atoms with E-state index in [4.69, 9.17) is 5.11 Å². The van der Waals surface area contributed by atoms with E-state index in [-0.39, 0.29) is 6.61 Å².